The molecule has 2 fully saturated rings. The van der Waals surface area contributed by atoms with E-state index in [-0.39, 0.29) is 36.1 Å². The van der Waals surface area contributed by atoms with Crippen LogP contribution in [0.1, 0.15) is 25.7 Å². The fourth-order valence-electron chi connectivity index (χ4n) is 3.93. The number of anilines is 1. The number of hydrogen-bond donors (Lipinski definition) is 1. The van der Waals surface area contributed by atoms with Gasteiger partial charge in [-0.2, -0.15) is 0 Å². The van der Waals surface area contributed by atoms with Gasteiger partial charge in [-0.05, 0) is 37.1 Å². The van der Waals surface area contributed by atoms with Crippen molar-refractivity contribution in [3.8, 4) is 0 Å². The molecular formula is C19H19N3O3. The maximum Gasteiger partial charge on any atom is 0.244 e. The Morgan fingerprint density at radius 1 is 1.08 bits per heavy atom. The second-order valence-corrected chi connectivity index (χ2v) is 6.68. The summed E-state index contributed by atoms with van der Waals surface area (Å²) in [4.78, 5) is 42.8. The van der Waals surface area contributed by atoms with E-state index in [1.807, 2.05) is 18.2 Å². The van der Waals surface area contributed by atoms with Gasteiger partial charge in [0.2, 0.25) is 17.7 Å². The average Bonchev–Trinajstić information content (AvgIpc) is 2.87. The fraction of sp³-hybridized carbons (Fsp3) is 0.368. The van der Waals surface area contributed by atoms with Crippen molar-refractivity contribution in [2.75, 3.05) is 11.9 Å². The Morgan fingerprint density at radius 3 is 2.52 bits per heavy atom. The monoisotopic (exact) mass is 337 g/mol. The van der Waals surface area contributed by atoms with Crippen LogP contribution in [0.3, 0.4) is 0 Å². The Morgan fingerprint density at radius 2 is 1.80 bits per heavy atom. The second kappa shape index (κ2) is 6.27. The maximum atomic E-state index is 12.5. The van der Waals surface area contributed by atoms with E-state index in [2.05, 4.69) is 10.3 Å². The Bertz CT molecular complexity index is 835. The summed E-state index contributed by atoms with van der Waals surface area (Å²) in [6.45, 7) is -0.221. The Balaban J connectivity index is 1.50. The lowest BCUT2D eigenvalue weighted by atomic mass is 9.81. The van der Waals surface area contributed by atoms with Crippen LogP contribution in [0.4, 0.5) is 5.69 Å². The first kappa shape index (κ1) is 15.7. The van der Waals surface area contributed by atoms with Gasteiger partial charge in [0.15, 0.2) is 0 Å². The number of rotatable bonds is 3. The lowest BCUT2D eigenvalue weighted by Crippen LogP contribution is -2.38. The van der Waals surface area contributed by atoms with Gasteiger partial charge in [0.1, 0.15) is 6.54 Å². The van der Waals surface area contributed by atoms with Crippen LogP contribution in [0.2, 0.25) is 0 Å². The van der Waals surface area contributed by atoms with Crippen LogP contribution in [-0.2, 0) is 14.4 Å². The number of benzene rings is 1. The van der Waals surface area contributed by atoms with Crippen molar-refractivity contribution in [3.63, 3.8) is 0 Å². The van der Waals surface area contributed by atoms with Gasteiger partial charge in [0.25, 0.3) is 0 Å². The van der Waals surface area contributed by atoms with Crippen LogP contribution in [0.25, 0.3) is 10.9 Å². The number of fused-ring (bicyclic) bond motifs is 2. The van der Waals surface area contributed by atoms with E-state index < -0.39 is 0 Å². The molecule has 6 nitrogen and oxygen atoms in total. The average molecular weight is 337 g/mol. The van der Waals surface area contributed by atoms with Gasteiger partial charge >= 0.3 is 0 Å². The fourth-order valence-corrected chi connectivity index (χ4v) is 3.93. The minimum Gasteiger partial charge on any atom is -0.324 e. The molecule has 1 aliphatic heterocycles. The minimum atomic E-state index is -0.364. The predicted molar refractivity (Wildman–Crippen MR) is 92.5 cm³/mol. The van der Waals surface area contributed by atoms with E-state index in [9.17, 15) is 14.4 Å². The molecule has 6 heteroatoms. The van der Waals surface area contributed by atoms with Crippen molar-refractivity contribution < 1.29 is 14.4 Å². The van der Waals surface area contributed by atoms with Gasteiger partial charge in [-0.3, -0.25) is 24.3 Å². The number of carbonyl (C=O) groups is 3. The highest BCUT2D eigenvalue weighted by atomic mass is 16.2. The zero-order chi connectivity index (χ0) is 17.4. The molecule has 1 saturated carbocycles. The van der Waals surface area contributed by atoms with E-state index in [4.69, 9.17) is 0 Å². The van der Waals surface area contributed by atoms with Crippen molar-refractivity contribution >= 4 is 34.3 Å². The van der Waals surface area contributed by atoms with Crippen molar-refractivity contribution in [2.45, 2.75) is 25.7 Å². The molecule has 1 saturated heterocycles. The van der Waals surface area contributed by atoms with Gasteiger partial charge < -0.3 is 5.32 Å². The third-order valence-corrected chi connectivity index (χ3v) is 5.15. The number of imide groups is 1. The minimum absolute atomic E-state index is 0.190. The predicted octanol–water partition coefficient (Wildman–Crippen LogP) is 2.35. The zero-order valence-electron chi connectivity index (χ0n) is 13.8. The van der Waals surface area contributed by atoms with Crippen LogP contribution >= 0.6 is 0 Å². The van der Waals surface area contributed by atoms with E-state index in [0.29, 0.717) is 5.69 Å². The maximum absolute atomic E-state index is 12.5. The molecule has 1 aliphatic carbocycles. The number of aromatic nitrogens is 1. The topological polar surface area (TPSA) is 79.4 Å². The first-order valence-electron chi connectivity index (χ1n) is 8.64. The lowest BCUT2D eigenvalue weighted by molar-refractivity contribution is -0.142. The Hall–Kier alpha value is -2.76. The number of nitrogens with one attached hydrogen (secondary N) is 1. The summed E-state index contributed by atoms with van der Waals surface area (Å²) < 4.78 is 0. The van der Waals surface area contributed by atoms with Crippen LogP contribution in [-0.4, -0.2) is 34.2 Å². The quantitative estimate of drug-likeness (QED) is 0.872. The van der Waals surface area contributed by atoms with Crippen LogP contribution in [0.15, 0.2) is 36.5 Å². The van der Waals surface area contributed by atoms with Crippen molar-refractivity contribution in [2.24, 2.45) is 11.8 Å². The first-order valence-corrected chi connectivity index (χ1v) is 8.64. The summed E-state index contributed by atoms with van der Waals surface area (Å²) in [6.07, 6.45) is 5.15. The van der Waals surface area contributed by atoms with E-state index >= 15 is 0 Å². The first-order chi connectivity index (χ1) is 12.1. The van der Waals surface area contributed by atoms with Gasteiger partial charge in [-0.1, -0.05) is 18.9 Å². The molecule has 2 aliphatic rings. The largest absolute Gasteiger partial charge is 0.324 e. The van der Waals surface area contributed by atoms with Crippen LogP contribution in [0.5, 0.6) is 0 Å². The molecule has 1 aromatic carbocycles. The third kappa shape index (κ3) is 2.77. The Kier molecular flexibility index (Phi) is 3.95. The molecule has 4 rings (SSSR count). The standard InChI is InChI=1S/C19H19N3O3/c23-17(21-16-9-3-8-15-14(16)7-4-10-20-15)11-22-18(24)12-5-1-2-6-13(12)19(22)25/h3-4,7-10,12-13H,1-2,5-6,11H2,(H,21,23)/t12-,13-/m1/s1. The van der Waals surface area contributed by atoms with Gasteiger partial charge in [0.05, 0.1) is 23.0 Å². The van der Waals surface area contributed by atoms with Gasteiger partial charge in [-0.25, -0.2) is 0 Å². The molecule has 128 valence electrons. The molecular weight excluding hydrogens is 318 g/mol. The van der Waals surface area contributed by atoms with Crippen LogP contribution < -0.4 is 5.32 Å². The SMILES string of the molecule is O=C(CN1C(=O)[C@@H]2CCCC[C@H]2C1=O)Nc1cccc2ncccc12. The molecule has 25 heavy (non-hydrogen) atoms. The molecule has 2 atom stereocenters. The second-order valence-electron chi connectivity index (χ2n) is 6.68. The number of carbonyl (C=O) groups excluding carboxylic acids is 3. The molecule has 1 N–H and O–H groups in total. The van der Waals surface area contributed by atoms with Crippen LogP contribution in [0, 0.1) is 11.8 Å². The highest BCUT2D eigenvalue weighted by molar-refractivity contribution is 6.09. The lowest BCUT2D eigenvalue weighted by Gasteiger charge is -2.19. The molecule has 0 spiro atoms. The Labute approximate surface area is 145 Å². The van der Waals surface area contributed by atoms with Gasteiger partial charge in [-0.15, -0.1) is 0 Å². The number of pyridine rings is 1. The summed E-state index contributed by atoms with van der Waals surface area (Å²) in [7, 11) is 0. The zero-order valence-corrected chi connectivity index (χ0v) is 13.8. The summed E-state index contributed by atoms with van der Waals surface area (Å²) in [5, 5.41) is 3.63. The van der Waals surface area contributed by atoms with Crippen molar-refractivity contribution in [1.82, 2.24) is 9.88 Å². The molecule has 0 unspecified atom stereocenters. The highest BCUT2D eigenvalue weighted by Gasteiger charge is 2.48. The molecule has 0 radical (unpaired) electrons. The van der Waals surface area contributed by atoms with E-state index in [1.165, 1.54) is 0 Å². The smallest absolute Gasteiger partial charge is 0.244 e. The van der Waals surface area contributed by atoms with Crippen molar-refractivity contribution in [3.05, 3.63) is 36.5 Å². The van der Waals surface area contributed by atoms with Gasteiger partial charge in [0, 0.05) is 11.6 Å². The number of nitrogens with zero attached hydrogens (tertiary/aromatic N) is 2. The highest BCUT2D eigenvalue weighted by Crippen LogP contribution is 2.37. The summed E-state index contributed by atoms with van der Waals surface area (Å²) in [5.74, 6) is -1.20. The third-order valence-electron chi connectivity index (χ3n) is 5.15. The normalized spacial score (nSPS) is 23.0. The summed E-state index contributed by atoms with van der Waals surface area (Å²) >= 11 is 0. The molecule has 0 bridgehead atoms. The molecule has 3 amide bonds. The summed E-state index contributed by atoms with van der Waals surface area (Å²) in [5.41, 5.74) is 1.41. The van der Waals surface area contributed by atoms with E-state index in [1.54, 1.807) is 18.3 Å². The molecule has 2 aromatic rings. The number of hydrogen-bond acceptors (Lipinski definition) is 4. The molecule has 2 heterocycles. The number of amides is 3. The van der Waals surface area contributed by atoms with E-state index in [0.717, 1.165) is 41.5 Å². The summed E-state index contributed by atoms with van der Waals surface area (Å²) in [6, 6.07) is 9.14. The molecule has 1 aromatic heterocycles. The number of likely N-dealkylation sites (tertiary alicyclic amines) is 1. The van der Waals surface area contributed by atoms with Crippen molar-refractivity contribution in [1.29, 1.82) is 0 Å².